The van der Waals surface area contributed by atoms with Crippen molar-refractivity contribution in [3.63, 3.8) is 0 Å². The van der Waals surface area contributed by atoms with E-state index in [0.717, 1.165) is 12.1 Å². The number of nitrogens with one attached hydrogen (secondary N) is 3. The van der Waals surface area contributed by atoms with Crippen molar-refractivity contribution < 1.29 is 9.53 Å². The molecule has 0 aromatic heterocycles. The molecule has 0 spiro atoms. The number of aliphatic imine (C=N–C) groups is 1. The van der Waals surface area contributed by atoms with Crippen molar-refractivity contribution in [3.8, 4) is 0 Å². The number of nitrogens with zero attached hydrogens (tertiary/aromatic N) is 2. The maximum Gasteiger partial charge on any atom is 0.234 e. The third-order valence-corrected chi connectivity index (χ3v) is 6.93. The summed E-state index contributed by atoms with van der Waals surface area (Å²) in [5.74, 6) is 0.259. The summed E-state index contributed by atoms with van der Waals surface area (Å²) < 4.78 is 5.93. The number of rotatable bonds is 13. The van der Waals surface area contributed by atoms with Crippen LogP contribution in [0.4, 0.5) is 0 Å². The molecule has 1 heterocycles. The quantitative estimate of drug-likeness (QED) is 0.253. The summed E-state index contributed by atoms with van der Waals surface area (Å²) in [5.41, 5.74) is 8.82. The van der Waals surface area contributed by atoms with Crippen LogP contribution >= 0.6 is 0 Å². The number of hydrogen-bond acceptors (Lipinski definition) is 6. The van der Waals surface area contributed by atoms with E-state index < -0.39 is 6.04 Å². The molecule has 5 N–H and O–H groups in total. The summed E-state index contributed by atoms with van der Waals surface area (Å²) in [7, 11) is 0. The van der Waals surface area contributed by atoms with E-state index in [1.54, 1.807) is 6.92 Å². The largest absolute Gasteiger partial charge is 0.386 e. The maximum atomic E-state index is 12.5. The lowest BCUT2D eigenvalue weighted by Crippen LogP contribution is -2.51. The van der Waals surface area contributed by atoms with Crippen LogP contribution in [0, 0.1) is 11.3 Å². The molecule has 2 fully saturated rings. The molecule has 2 aliphatic rings. The molecule has 194 valence electrons. The first-order chi connectivity index (χ1) is 16.9. The van der Waals surface area contributed by atoms with Gasteiger partial charge in [-0.1, -0.05) is 43.5 Å². The van der Waals surface area contributed by atoms with Gasteiger partial charge in [0, 0.05) is 18.8 Å². The Kier molecular flexibility index (Phi) is 11.2. The smallest absolute Gasteiger partial charge is 0.234 e. The third-order valence-electron chi connectivity index (χ3n) is 6.93. The lowest BCUT2D eigenvalue weighted by molar-refractivity contribution is -0.120. The van der Waals surface area contributed by atoms with Crippen LogP contribution in [0.15, 0.2) is 29.3 Å². The molecular formula is C27H44N6O2. The second kappa shape index (κ2) is 14.3. The first-order valence-corrected chi connectivity index (χ1v) is 13.2. The number of hydrogen-bond donors (Lipinski definition) is 4. The molecule has 1 aliphatic heterocycles. The normalized spacial score (nSPS) is 19.4. The minimum atomic E-state index is -0.728. The third kappa shape index (κ3) is 9.70. The van der Waals surface area contributed by atoms with Crippen molar-refractivity contribution in [1.29, 1.82) is 5.41 Å². The predicted molar refractivity (Wildman–Crippen MR) is 142 cm³/mol. The molecule has 1 saturated heterocycles. The van der Waals surface area contributed by atoms with E-state index in [1.807, 2.05) is 6.92 Å². The van der Waals surface area contributed by atoms with Gasteiger partial charge in [-0.2, -0.15) is 0 Å². The van der Waals surface area contributed by atoms with Gasteiger partial charge < -0.3 is 21.1 Å². The van der Waals surface area contributed by atoms with Gasteiger partial charge >= 0.3 is 0 Å². The van der Waals surface area contributed by atoms with Gasteiger partial charge in [-0.25, -0.2) is 0 Å². The number of carbonyl (C=O) groups is 1. The molecule has 8 heteroatoms. The Morgan fingerprint density at radius 2 is 1.91 bits per heavy atom. The molecule has 2 unspecified atom stereocenters. The number of likely N-dealkylation sites (tertiary alicyclic amines) is 1. The SMILES string of the molecule is CC(=NC(C)OCC1CCCCC1)C(NC(=O)CNCc1cccc(CN2CCCC2)c1)C(=N)N. The highest BCUT2D eigenvalue weighted by Crippen LogP contribution is 2.24. The maximum absolute atomic E-state index is 12.5. The molecule has 0 bridgehead atoms. The first kappa shape index (κ1) is 27.3. The number of ether oxygens (including phenoxy) is 1. The Labute approximate surface area is 210 Å². The van der Waals surface area contributed by atoms with Gasteiger partial charge in [0.25, 0.3) is 0 Å². The lowest BCUT2D eigenvalue weighted by atomic mass is 9.90. The fourth-order valence-electron chi connectivity index (χ4n) is 5.00. The average Bonchev–Trinajstić information content (AvgIpc) is 3.35. The summed E-state index contributed by atoms with van der Waals surface area (Å²) in [6.07, 6.45) is 8.56. The van der Waals surface area contributed by atoms with Crippen molar-refractivity contribution in [2.24, 2.45) is 16.6 Å². The number of carbonyl (C=O) groups excluding carboxylic acids is 1. The lowest BCUT2D eigenvalue weighted by Gasteiger charge is -2.23. The average molecular weight is 485 g/mol. The van der Waals surface area contributed by atoms with Crippen LogP contribution in [0.5, 0.6) is 0 Å². The van der Waals surface area contributed by atoms with E-state index in [0.29, 0.717) is 24.8 Å². The van der Waals surface area contributed by atoms with Crippen molar-refractivity contribution in [2.45, 2.75) is 84.2 Å². The molecule has 35 heavy (non-hydrogen) atoms. The molecule has 1 aliphatic carbocycles. The second-order valence-corrected chi connectivity index (χ2v) is 10.1. The van der Waals surface area contributed by atoms with Gasteiger partial charge in [0.1, 0.15) is 18.1 Å². The molecule has 1 aromatic carbocycles. The van der Waals surface area contributed by atoms with Crippen LogP contribution in [-0.4, -0.2) is 60.9 Å². The van der Waals surface area contributed by atoms with Gasteiger partial charge in [-0.05, 0) is 69.7 Å². The molecule has 0 radical (unpaired) electrons. The van der Waals surface area contributed by atoms with Gasteiger partial charge in [-0.15, -0.1) is 0 Å². The minimum Gasteiger partial charge on any atom is -0.386 e. The molecule has 8 nitrogen and oxygen atoms in total. The highest BCUT2D eigenvalue weighted by molar-refractivity contribution is 6.09. The van der Waals surface area contributed by atoms with Gasteiger partial charge in [0.05, 0.1) is 13.2 Å². The van der Waals surface area contributed by atoms with Gasteiger partial charge in [0.15, 0.2) is 0 Å². The summed E-state index contributed by atoms with van der Waals surface area (Å²) >= 11 is 0. The van der Waals surface area contributed by atoms with Crippen LogP contribution in [0.3, 0.4) is 0 Å². The van der Waals surface area contributed by atoms with E-state index in [2.05, 4.69) is 44.8 Å². The number of amidine groups is 1. The number of benzene rings is 1. The van der Waals surface area contributed by atoms with Crippen molar-refractivity contribution >= 4 is 17.5 Å². The standard InChI is InChI=1S/C27H44N6O2/c1-20(31-21(2)35-19-22-9-4-3-5-10-22)26(27(28)29)32-25(34)17-30-16-23-11-8-12-24(15-23)18-33-13-6-7-14-33/h8,11-12,15,21-22,26,30H,3-7,9-10,13-14,16-19H2,1-2H3,(H3,28,29)(H,32,34). The summed E-state index contributed by atoms with van der Waals surface area (Å²) in [6, 6.07) is 7.78. The molecule has 1 saturated carbocycles. The van der Waals surface area contributed by atoms with Gasteiger partial charge in [-0.3, -0.25) is 20.1 Å². The minimum absolute atomic E-state index is 0.131. The molecular weight excluding hydrogens is 440 g/mol. The first-order valence-electron chi connectivity index (χ1n) is 13.2. The summed E-state index contributed by atoms with van der Waals surface area (Å²) in [5, 5.41) is 14.0. The number of nitrogens with two attached hydrogens (primary N) is 1. The number of amides is 1. The second-order valence-electron chi connectivity index (χ2n) is 10.1. The summed E-state index contributed by atoms with van der Waals surface area (Å²) in [6.45, 7) is 8.46. The van der Waals surface area contributed by atoms with Crippen LogP contribution in [-0.2, 0) is 22.6 Å². The van der Waals surface area contributed by atoms with E-state index in [9.17, 15) is 4.79 Å². The van der Waals surface area contributed by atoms with Crippen LogP contribution in [0.25, 0.3) is 0 Å². The zero-order valence-electron chi connectivity index (χ0n) is 21.5. The van der Waals surface area contributed by atoms with Crippen LogP contribution < -0.4 is 16.4 Å². The Hall–Kier alpha value is -2.29. The van der Waals surface area contributed by atoms with E-state index in [-0.39, 0.29) is 24.5 Å². The highest BCUT2D eigenvalue weighted by Gasteiger charge is 2.20. The molecule has 2 atom stereocenters. The molecule has 1 amide bonds. The topological polar surface area (TPSA) is 116 Å². The summed E-state index contributed by atoms with van der Waals surface area (Å²) in [4.78, 5) is 19.6. The van der Waals surface area contributed by atoms with E-state index in [1.165, 1.54) is 63.6 Å². The predicted octanol–water partition coefficient (Wildman–Crippen LogP) is 3.20. The van der Waals surface area contributed by atoms with Crippen LogP contribution in [0.1, 0.15) is 69.9 Å². The van der Waals surface area contributed by atoms with Crippen molar-refractivity contribution in [3.05, 3.63) is 35.4 Å². The van der Waals surface area contributed by atoms with Crippen LogP contribution in [0.2, 0.25) is 0 Å². The fourth-order valence-corrected chi connectivity index (χ4v) is 5.00. The monoisotopic (exact) mass is 484 g/mol. The Morgan fingerprint density at radius 3 is 2.63 bits per heavy atom. The Morgan fingerprint density at radius 1 is 1.20 bits per heavy atom. The van der Waals surface area contributed by atoms with E-state index in [4.69, 9.17) is 15.9 Å². The molecule has 3 rings (SSSR count). The van der Waals surface area contributed by atoms with Crippen molar-refractivity contribution in [1.82, 2.24) is 15.5 Å². The zero-order valence-corrected chi connectivity index (χ0v) is 21.5. The fraction of sp³-hybridized carbons (Fsp3) is 0.667. The van der Waals surface area contributed by atoms with Gasteiger partial charge in [0.2, 0.25) is 5.91 Å². The van der Waals surface area contributed by atoms with E-state index >= 15 is 0 Å². The Balaban J connectivity index is 1.42. The zero-order chi connectivity index (χ0) is 25.0. The highest BCUT2D eigenvalue weighted by atomic mass is 16.5. The Bertz CT molecular complexity index is 846. The molecule has 1 aromatic rings. The van der Waals surface area contributed by atoms with Crippen molar-refractivity contribution in [2.75, 3.05) is 26.2 Å².